The van der Waals surface area contributed by atoms with Crippen molar-refractivity contribution >= 4 is 28.8 Å². The van der Waals surface area contributed by atoms with Crippen molar-refractivity contribution in [2.75, 3.05) is 0 Å². The number of aliphatic carboxylic acids is 1. The van der Waals surface area contributed by atoms with Gasteiger partial charge < -0.3 is 19.6 Å². The predicted molar refractivity (Wildman–Crippen MR) is 89.8 cm³/mol. The van der Waals surface area contributed by atoms with Crippen LogP contribution >= 0.6 is 0 Å². The van der Waals surface area contributed by atoms with Gasteiger partial charge in [-0.05, 0) is 26.8 Å². The topological polar surface area (TPSA) is 106 Å². The summed E-state index contributed by atoms with van der Waals surface area (Å²) in [5.41, 5.74) is 0.496. The Balaban J connectivity index is 2.30. The smallest absolute Gasteiger partial charge is 0.352 e. The summed E-state index contributed by atoms with van der Waals surface area (Å²) in [6.45, 7) is 5.14. The molecule has 0 aliphatic heterocycles. The van der Waals surface area contributed by atoms with Gasteiger partial charge in [-0.2, -0.15) is 0 Å². The van der Waals surface area contributed by atoms with Crippen molar-refractivity contribution in [3.8, 4) is 0 Å². The van der Waals surface area contributed by atoms with Crippen molar-refractivity contribution < 1.29 is 29.0 Å². The minimum absolute atomic E-state index is 0.322. The maximum atomic E-state index is 12.5. The third kappa shape index (κ3) is 5.07. The molecule has 7 heteroatoms. The Kier molecular flexibility index (Phi) is 5.46. The Labute approximate surface area is 144 Å². The third-order valence-corrected chi connectivity index (χ3v) is 3.32. The lowest BCUT2D eigenvalue weighted by atomic mass is 10.1. The highest BCUT2D eigenvalue weighted by molar-refractivity contribution is 5.90. The number of hydrogen-bond donors (Lipinski definition) is 2. The molecule has 0 amide bonds. The van der Waals surface area contributed by atoms with E-state index in [1.165, 1.54) is 0 Å². The van der Waals surface area contributed by atoms with Crippen LogP contribution in [0.3, 0.4) is 0 Å². The van der Waals surface area contributed by atoms with E-state index in [1.807, 2.05) is 12.1 Å². The van der Waals surface area contributed by atoms with Gasteiger partial charge in [0.05, 0.1) is 12.8 Å². The van der Waals surface area contributed by atoms with Crippen LogP contribution in [0.4, 0.5) is 0 Å². The average molecular weight is 347 g/mol. The number of carbonyl (C=O) groups excluding carboxylic acids is 2. The molecule has 1 aromatic carbocycles. The first-order valence-corrected chi connectivity index (χ1v) is 7.87. The number of carbonyl (C=O) groups is 3. The number of carboxylic acids is 1. The number of aromatic nitrogens is 1. The molecule has 2 N–H and O–H groups in total. The number of para-hydroxylation sites is 1. The van der Waals surface area contributed by atoms with Gasteiger partial charge >= 0.3 is 17.9 Å². The Hall–Kier alpha value is -2.83. The Morgan fingerprint density at radius 1 is 1.16 bits per heavy atom. The van der Waals surface area contributed by atoms with Crippen LogP contribution in [0, 0.1) is 0 Å². The molecule has 0 fully saturated rings. The molecule has 1 heterocycles. The second-order valence-electron chi connectivity index (χ2n) is 6.59. The summed E-state index contributed by atoms with van der Waals surface area (Å²) < 4.78 is 10.6. The molecule has 2 rings (SSSR count). The second kappa shape index (κ2) is 7.38. The van der Waals surface area contributed by atoms with Crippen LogP contribution in [0.2, 0.25) is 0 Å². The Morgan fingerprint density at radius 3 is 2.48 bits per heavy atom. The maximum Gasteiger partial charge on any atom is 0.352 e. The van der Waals surface area contributed by atoms with Gasteiger partial charge in [-0.3, -0.25) is 9.59 Å². The van der Waals surface area contributed by atoms with Gasteiger partial charge in [0.25, 0.3) is 0 Å². The number of H-pyrrole nitrogens is 1. The van der Waals surface area contributed by atoms with Gasteiger partial charge in [-0.25, -0.2) is 4.79 Å². The third-order valence-electron chi connectivity index (χ3n) is 3.32. The van der Waals surface area contributed by atoms with Crippen molar-refractivity contribution in [1.29, 1.82) is 0 Å². The molecule has 7 nitrogen and oxygen atoms in total. The van der Waals surface area contributed by atoms with E-state index in [-0.39, 0.29) is 12.8 Å². The van der Waals surface area contributed by atoms with Crippen molar-refractivity contribution in [2.45, 2.75) is 45.3 Å². The molecule has 134 valence electrons. The van der Waals surface area contributed by atoms with E-state index in [2.05, 4.69) is 4.98 Å². The SMILES string of the molecule is CC(C)(C)OC(=O)C(OC(=O)CCC(=O)O)c1c[nH]c2ccccc12. The lowest BCUT2D eigenvalue weighted by molar-refractivity contribution is -0.176. The highest BCUT2D eigenvalue weighted by Crippen LogP contribution is 2.29. The number of benzene rings is 1. The first-order valence-electron chi connectivity index (χ1n) is 7.87. The number of rotatable bonds is 6. The van der Waals surface area contributed by atoms with Gasteiger partial charge in [-0.1, -0.05) is 18.2 Å². The number of esters is 2. The lowest BCUT2D eigenvalue weighted by Gasteiger charge is -2.24. The zero-order valence-electron chi connectivity index (χ0n) is 14.4. The van der Waals surface area contributed by atoms with Crippen LogP contribution < -0.4 is 0 Å². The highest BCUT2D eigenvalue weighted by Gasteiger charge is 2.32. The van der Waals surface area contributed by atoms with E-state index in [4.69, 9.17) is 14.6 Å². The first kappa shape index (κ1) is 18.5. The Morgan fingerprint density at radius 2 is 1.84 bits per heavy atom. The van der Waals surface area contributed by atoms with Gasteiger partial charge in [-0.15, -0.1) is 0 Å². The number of hydrogen-bond acceptors (Lipinski definition) is 5. The molecular formula is C18H21NO6. The molecule has 1 aromatic heterocycles. The van der Waals surface area contributed by atoms with E-state index in [9.17, 15) is 14.4 Å². The average Bonchev–Trinajstić information content (AvgIpc) is 2.92. The van der Waals surface area contributed by atoms with Gasteiger partial charge in [0.1, 0.15) is 5.60 Å². The molecule has 1 unspecified atom stereocenters. The van der Waals surface area contributed by atoms with Crippen molar-refractivity contribution in [2.24, 2.45) is 0 Å². The standard InChI is InChI=1S/C18H21NO6/c1-18(2,3)25-17(23)16(24-15(22)9-8-14(20)21)12-10-19-13-7-5-4-6-11(12)13/h4-7,10,16,19H,8-9H2,1-3H3,(H,20,21). The molecule has 1 atom stereocenters. The fourth-order valence-corrected chi connectivity index (χ4v) is 2.30. The molecule has 0 saturated carbocycles. The van der Waals surface area contributed by atoms with E-state index >= 15 is 0 Å². The molecule has 0 bridgehead atoms. The summed E-state index contributed by atoms with van der Waals surface area (Å²) in [6, 6.07) is 7.27. The second-order valence-corrected chi connectivity index (χ2v) is 6.59. The molecule has 0 spiro atoms. The Bertz CT molecular complexity index is 786. The highest BCUT2D eigenvalue weighted by atomic mass is 16.6. The van der Waals surface area contributed by atoms with Crippen LogP contribution in [0.1, 0.15) is 45.3 Å². The molecule has 0 saturated heterocycles. The predicted octanol–water partition coefficient (Wildman–Crippen LogP) is 2.96. The zero-order valence-corrected chi connectivity index (χ0v) is 14.4. The fourth-order valence-electron chi connectivity index (χ4n) is 2.30. The van der Waals surface area contributed by atoms with E-state index < -0.39 is 29.6 Å². The van der Waals surface area contributed by atoms with Crippen LogP contribution in [0.15, 0.2) is 30.5 Å². The normalized spacial score (nSPS) is 12.6. The summed E-state index contributed by atoms with van der Waals surface area (Å²) in [7, 11) is 0. The molecule has 2 aromatic rings. The number of fused-ring (bicyclic) bond motifs is 1. The summed E-state index contributed by atoms with van der Waals surface area (Å²) in [5.74, 6) is -2.60. The van der Waals surface area contributed by atoms with E-state index in [1.54, 1.807) is 39.1 Å². The molecule has 0 radical (unpaired) electrons. The molecular weight excluding hydrogens is 326 g/mol. The van der Waals surface area contributed by atoms with Crippen LogP contribution in [-0.4, -0.2) is 33.6 Å². The van der Waals surface area contributed by atoms with Gasteiger partial charge in [0, 0.05) is 22.7 Å². The van der Waals surface area contributed by atoms with Gasteiger partial charge in [0.15, 0.2) is 0 Å². The van der Waals surface area contributed by atoms with Crippen LogP contribution in [0.25, 0.3) is 10.9 Å². The molecule has 25 heavy (non-hydrogen) atoms. The van der Waals surface area contributed by atoms with Crippen molar-refractivity contribution in [3.63, 3.8) is 0 Å². The maximum absolute atomic E-state index is 12.5. The first-order chi connectivity index (χ1) is 11.7. The number of ether oxygens (including phenoxy) is 2. The summed E-state index contributed by atoms with van der Waals surface area (Å²) in [5, 5.41) is 9.41. The van der Waals surface area contributed by atoms with Crippen LogP contribution in [0.5, 0.6) is 0 Å². The molecule has 0 aliphatic rings. The van der Waals surface area contributed by atoms with Crippen LogP contribution in [-0.2, 0) is 23.9 Å². The largest absolute Gasteiger partial charge is 0.481 e. The fraction of sp³-hybridized carbons (Fsp3) is 0.389. The number of nitrogens with one attached hydrogen (secondary N) is 1. The monoisotopic (exact) mass is 347 g/mol. The van der Waals surface area contributed by atoms with E-state index in [0.717, 1.165) is 10.9 Å². The summed E-state index contributed by atoms with van der Waals surface area (Å²) in [6.07, 6.45) is -0.370. The number of carboxylic acid groups (broad SMARTS) is 1. The summed E-state index contributed by atoms with van der Waals surface area (Å²) in [4.78, 5) is 38.1. The zero-order chi connectivity index (χ0) is 18.6. The lowest BCUT2D eigenvalue weighted by Crippen LogP contribution is -2.30. The quantitative estimate of drug-likeness (QED) is 0.778. The number of aromatic amines is 1. The minimum atomic E-state index is -1.27. The molecule has 0 aliphatic carbocycles. The van der Waals surface area contributed by atoms with Gasteiger partial charge in [0.2, 0.25) is 6.10 Å². The van der Waals surface area contributed by atoms with Crippen molar-refractivity contribution in [3.05, 3.63) is 36.0 Å². The van der Waals surface area contributed by atoms with Crippen molar-refractivity contribution in [1.82, 2.24) is 4.98 Å². The summed E-state index contributed by atoms with van der Waals surface area (Å²) >= 11 is 0. The minimum Gasteiger partial charge on any atom is -0.481 e. The van der Waals surface area contributed by atoms with E-state index in [0.29, 0.717) is 5.56 Å².